The maximum absolute atomic E-state index is 14.5. The summed E-state index contributed by atoms with van der Waals surface area (Å²) >= 11 is 0. The van der Waals surface area contributed by atoms with Gasteiger partial charge in [-0.1, -0.05) is 45.9 Å². The van der Waals surface area contributed by atoms with Crippen LogP contribution in [0.15, 0.2) is 23.8 Å². The molecule has 3 saturated carbocycles. The molecule has 11 rings (SSSR count). The highest BCUT2D eigenvalue weighted by molar-refractivity contribution is 5.99. The molecule has 7 heterocycles. The van der Waals surface area contributed by atoms with Crippen molar-refractivity contribution in [3.63, 3.8) is 0 Å². The summed E-state index contributed by atoms with van der Waals surface area (Å²) in [5, 5.41) is 156. The zero-order valence-corrected chi connectivity index (χ0v) is 56.6. The molecular weight excluding hydrogens is 1300 g/mol. The number of fused-ring (bicyclic) bond motifs is 4. The van der Waals surface area contributed by atoms with Crippen molar-refractivity contribution in [2.75, 3.05) is 47.3 Å². The molecule has 0 aromatic heterocycles. The van der Waals surface area contributed by atoms with E-state index in [1.807, 2.05) is 6.92 Å². The first kappa shape index (κ1) is 76.3. The van der Waals surface area contributed by atoms with Crippen LogP contribution in [-0.2, 0) is 85.4 Å². The predicted molar refractivity (Wildman–Crippen MR) is 325 cm³/mol. The molecule has 0 aromatic rings. The standard InChI is InChI=1S/C66H102O32/c1-25(2)29(70)14-17-65(8)54-30(71)19-64(7)28-11-12-36-62(4,5)37(15-16-63(36,6)27(28)13-18-66(54,64)61(83)98-65)93-60-53(40(75)35(24-87-60)92-57-44(79)42(77)50(34(22-69)91-57)96-59-47(82)52(85-10)39(74)33(21-68)90-59)97-56-43(78)41(76)48(26(3)88-56)94-55-45(80)49(31(72)23-86-55)95-58-46(81)51(84-9)38(73)32(20-67)89-58/h13,26,28,31-60,67-69,72-82H,1,11-12,14-24H2,2-10H3/t26-,28-,31-,32-,33-,34-,35-,36+,37+,38-,39-,40+,41-,42-,43-,44-,45-,46-,47-,48-,49+,50-,51+,52+,53-,54-,55+,56+,57+,58+,59+,60+,63-,64+,65+,66?/m1/s1. The highest BCUT2D eigenvalue weighted by Gasteiger charge is 2.79. The number of allylic oxidation sites excluding steroid dienone is 3. The maximum atomic E-state index is 14.5. The number of carbonyl (C=O) groups excluding carboxylic acids is 3. The number of aliphatic hydroxyl groups is 14. The Hall–Kier alpha value is -2.83. The lowest BCUT2D eigenvalue weighted by Gasteiger charge is -2.63. The molecule has 1 spiro atoms. The average Bonchev–Trinajstić information content (AvgIpc) is 1.46. The molecule has 0 aromatic carbocycles. The summed E-state index contributed by atoms with van der Waals surface area (Å²) in [5.41, 5.74) is -2.76. The molecule has 10 fully saturated rings. The summed E-state index contributed by atoms with van der Waals surface area (Å²) in [6.45, 7) is 13.6. The summed E-state index contributed by atoms with van der Waals surface area (Å²) in [4.78, 5) is 41.8. The van der Waals surface area contributed by atoms with E-state index in [0.29, 0.717) is 31.3 Å². The van der Waals surface area contributed by atoms with Crippen molar-refractivity contribution >= 4 is 17.5 Å². The van der Waals surface area contributed by atoms with E-state index >= 15 is 0 Å². The van der Waals surface area contributed by atoms with Crippen LogP contribution in [0.5, 0.6) is 0 Å². The fourth-order valence-corrected chi connectivity index (χ4v) is 18.6. The minimum atomic E-state index is -2.03. The molecule has 14 N–H and O–H groups in total. The van der Waals surface area contributed by atoms with E-state index in [9.17, 15) is 85.9 Å². The molecule has 7 aliphatic heterocycles. The number of hydrogen-bond acceptors (Lipinski definition) is 32. The summed E-state index contributed by atoms with van der Waals surface area (Å²) in [5.74, 6) is -1.65. The van der Waals surface area contributed by atoms with Crippen LogP contribution in [-0.4, -0.2) is 320 Å². The number of cyclic esters (lactones) is 1. The van der Waals surface area contributed by atoms with Crippen molar-refractivity contribution in [3.8, 4) is 0 Å². The second-order valence-electron chi connectivity index (χ2n) is 30.1. The zero-order valence-electron chi connectivity index (χ0n) is 56.6. The van der Waals surface area contributed by atoms with E-state index in [4.69, 9.17) is 71.1 Å². The maximum Gasteiger partial charge on any atom is 0.314 e. The lowest BCUT2D eigenvalue weighted by Crippen LogP contribution is -2.67. The van der Waals surface area contributed by atoms with E-state index < -0.39 is 250 Å². The molecule has 0 radical (unpaired) electrons. The Morgan fingerprint density at radius 1 is 0.582 bits per heavy atom. The third-order valence-electron chi connectivity index (χ3n) is 24.0. The van der Waals surface area contributed by atoms with Crippen molar-refractivity contribution in [1.29, 1.82) is 0 Å². The van der Waals surface area contributed by atoms with E-state index in [1.54, 1.807) is 13.8 Å². The zero-order chi connectivity index (χ0) is 71.4. The van der Waals surface area contributed by atoms with Gasteiger partial charge in [-0.3, -0.25) is 14.4 Å². The third-order valence-corrected chi connectivity index (χ3v) is 24.0. The first-order valence-corrected chi connectivity index (χ1v) is 34.0. The fraction of sp³-hybridized carbons (Fsp3) is 0.894. The second-order valence-corrected chi connectivity index (χ2v) is 30.1. The smallest absolute Gasteiger partial charge is 0.314 e. The normalized spacial score (nSPS) is 51.7. The minimum Gasteiger partial charge on any atom is -0.458 e. The van der Waals surface area contributed by atoms with Gasteiger partial charge in [-0.05, 0) is 93.0 Å². The number of ketones is 2. The molecular formula is C66H102O32. The molecule has 558 valence electrons. The Bertz CT molecular complexity index is 2870. The van der Waals surface area contributed by atoms with E-state index in [0.717, 1.165) is 5.57 Å². The number of esters is 1. The number of ether oxygens (including phenoxy) is 15. The number of rotatable bonds is 21. The number of hydrogen-bond donors (Lipinski definition) is 14. The van der Waals surface area contributed by atoms with Crippen molar-refractivity contribution in [2.45, 2.75) is 284 Å². The van der Waals surface area contributed by atoms with Gasteiger partial charge in [0.2, 0.25) is 0 Å². The fourth-order valence-electron chi connectivity index (χ4n) is 18.6. The molecule has 98 heavy (non-hydrogen) atoms. The van der Waals surface area contributed by atoms with Gasteiger partial charge >= 0.3 is 5.97 Å². The van der Waals surface area contributed by atoms with Crippen LogP contribution in [0.1, 0.15) is 99.8 Å². The number of methoxy groups -OCH3 is 2. The first-order valence-electron chi connectivity index (χ1n) is 34.0. The van der Waals surface area contributed by atoms with Crippen LogP contribution < -0.4 is 0 Å². The molecule has 32 nitrogen and oxygen atoms in total. The topological polar surface area (TPSA) is 473 Å². The van der Waals surface area contributed by atoms with Crippen LogP contribution in [0.3, 0.4) is 0 Å². The van der Waals surface area contributed by atoms with Crippen molar-refractivity contribution in [3.05, 3.63) is 23.8 Å². The molecule has 11 aliphatic rings. The van der Waals surface area contributed by atoms with Crippen LogP contribution in [0.25, 0.3) is 0 Å². The van der Waals surface area contributed by atoms with Gasteiger partial charge in [-0.2, -0.15) is 0 Å². The van der Waals surface area contributed by atoms with Gasteiger partial charge in [0, 0.05) is 27.1 Å². The van der Waals surface area contributed by atoms with Crippen LogP contribution in [0.2, 0.25) is 0 Å². The van der Waals surface area contributed by atoms with Gasteiger partial charge in [-0.15, -0.1) is 0 Å². The molecule has 0 amide bonds. The van der Waals surface area contributed by atoms with Gasteiger partial charge < -0.3 is 143 Å². The SMILES string of the molecule is C=C(C)C(=O)CC[C@]1(C)OC(=O)C23CC=C4[C@@H](CC[C@H]5C(C)(C)[C@@H](O[C@@H]6OC[C@@H](O[C@@H]7O[C@H](CO)[C@@H](O[C@@H]8O[C@H](CO)[C@@H](O)[C@H](OC)[C@H]8O)[C@H](O)[C@H]7O)[C@H](O)[C@H]6O[C@@H]6O[C@H](C)[C@@H](O[C@@H]7OC[C@@H](O)[C@H](O[C@@H]8O[C@H](CO)[C@@H](O)[C@H](OC)[C@H]8O)[C@H]7O)[C@H](O)[C@H]6O)CC[C@]45C)[C@]2(C)CC(=O)[C@@H]31. The third kappa shape index (κ3) is 13.0. The lowest BCUT2D eigenvalue weighted by molar-refractivity contribution is -0.394. The molecule has 36 atom stereocenters. The van der Waals surface area contributed by atoms with Gasteiger partial charge in [0.1, 0.15) is 140 Å². The van der Waals surface area contributed by atoms with Crippen LogP contribution >= 0.6 is 0 Å². The summed E-state index contributed by atoms with van der Waals surface area (Å²) in [6.07, 6.45) is -41.6. The first-order chi connectivity index (χ1) is 46.2. The Balaban J connectivity index is 0.818. The number of Topliss-reactive ketones (excluding diaryl/α,β-unsaturated/α-hetero) is 2. The molecule has 4 aliphatic carbocycles. The highest BCUT2D eigenvalue weighted by Crippen LogP contribution is 2.75. The summed E-state index contributed by atoms with van der Waals surface area (Å²) in [6, 6.07) is 0. The van der Waals surface area contributed by atoms with E-state index in [2.05, 4.69) is 33.4 Å². The van der Waals surface area contributed by atoms with Crippen LogP contribution in [0, 0.1) is 39.4 Å². The summed E-state index contributed by atoms with van der Waals surface area (Å²) < 4.78 is 89.5. The Morgan fingerprint density at radius 3 is 1.70 bits per heavy atom. The monoisotopic (exact) mass is 1410 g/mol. The summed E-state index contributed by atoms with van der Waals surface area (Å²) in [7, 11) is 2.39. The van der Waals surface area contributed by atoms with E-state index in [-0.39, 0.29) is 49.1 Å². The highest BCUT2D eigenvalue weighted by atomic mass is 16.8. The number of aliphatic hydroxyl groups excluding tert-OH is 14. The van der Waals surface area contributed by atoms with Crippen molar-refractivity contribution in [1.82, 2.24) is 0 Å². The molecule has 1 unspecified atom stereocenters. The van der Waals surface area contributed by atoms with Crippen molar-refractivity contribution < 1.29 is 157 Å². The van der Waals surface area contributed by atoms with Crippen LogP contribution in [0.4, 0.5) is 0 Å². The average molecular weight is 1410 g/mol. The Labute approximate surface area is 566 Å². The van der Waals surface area contributed by atoms with Gasteiger partial charge in [-0.25, -0.2) is 0 Å². The molecule has 7 saturated heterocycles. The van der Waals surface area contributed by atoms with Gasteiger partial charge in [0.05, 0.1) is 56.6 Å². The lowest BCUT2D eigenvalue weighted by atomic mass is 9.41. The Kier molecular flexibility index (Phi) is 22.8. The minimum absolute atomic E-state index is 0.0556. The van der Waals surface area contributed by atoms with Gasteiger partial charge in [0.15, 0.2) is 43.5 Å². The molecule has 32 heteroatoms. The quantitative estimate of drug-likeness (QED) is 0.0225. The van der Waals surface area contributed by atoms with Crippen molar-refractivity contribution in [2.24, 2.45) is 39.4 Å². The largest absolute Gasteiger partial charge is 0.458 e. The Morgan fingerprint density at radius 2 is 1.11 bits per heavy atom. The van der Waals surface area contributed by atoms with E-state index in [1.165, 1.54) is 21.1 Å². The molecule has 0 bridgehead atoms. The van der Waals surface area contributed by atoms with Gasteiger partial charge in [0.25, 0.3) is 0 Å². The second kappa shape index (κ2) is 29.3. The number of carbonyl (C=O) groups is 3. The predicted octanol–water partition coefficient (Wildman–Crippen LogP) is -4.09.